The number of benzene rings is 1. The van der Waals surface area contributed by atoms with Crippen molar-refractivity contribution in [2.24, 2.45) is 5.92 Å². The van der Waals surface area contributed by atoms with Gasteiger partial charge in [0, 0.05) is 12.6 Å². The standard InChI is InChI=1S/C19H32N2O2/c1-14(2)12-15(3)20-13-17(16-10-8-7-9-11-16)21-18(22)23-19(4,5)6/h7-11,14-15,17,20H,12-13H2,1-6H3,(H,21,22). The van der Waals surface area contributed by atoms with Gasteiger partial charge >= 0.3 is 6.09 Å². The first-order chi connectivity index (χ1) is 10.7. The number of alkyl carbamates (subject to hydrolysis) is 1. The second-order valence-corrected chi connectivity index (χ2v) is 7.55. The van der Waals surface area contributed by atoms with E-state index in [1.807, 2.05) is 51.1 Å². The number of nitrogens with one attached hydrogen (secondary N) is 2. The number of carbonyl (C=O) groups excluding carboxylic acids is 1. The second-order valence-electron chi connectivity index (χ2n) is 7.55. The molecule has 0 heterocycles. The van der Waals surface area contributed by atoms with Crippen LogP contribution in [0.25, 0.3) is 0 Å². The fourth-order valence-electron chi connectivity index (χ4n) is 2.50. The Kier molecular flexibility index (Phi) is 7.56. The molecular formula is C19H32N2O2. The zero-order valence-electron chi connectivity index (χ0n) is 15.3. The largest absolute Gasteiger partial charge is 0.444 e. The summed E-state index contributed by atoms with van der Waals surface area (Å²) in [6, 6.07) is 10.3. The smallest absolute Gasteiger partial charge is 0.408 e. The Labute approximate surface area is 141 Å². The summed E-state index contributed by atoms with van der Waals surface area (Å²) in [4.78, 5) is 12.1. The molecule has 0 bridgehead atoms. The van der Waals surface area contributed by atoms with Crippen LogP contribution in [0.2, 0.25) is 0 Å². The van der Waals surface area contributed by atoms with Gasteiger partial charge in [0.05, 0.1) is 6.04 Å². The maximum atomic E-state index is 12.1. The molecule has 0 aliphatic carbocycles. The topological polar surface area (TPSA) is 50.4 Å². The van der Waals surface area contributed by atoms with Crippen molar-refractivity contribution < 1.29 is 9.53 Å². The van der Waals surface area contributed by atoms with E-state index in [1.54, 1.807) is 0 Å². The van der Waals surface area contributed by atoms with E-state index in [0.29, 0.717) is 18.5 Å². The lowest BCUT2D eigenvalue weighted by Gasteiger charge is -2.25. The highest BCUT2D eigenvalue weighted by molar-refractivity contribution is 5.68. The molecule has 1 amide bonds. The molecule has 0 saturated heterocycles. The van der Waals surface area contributed by atoms with Crippen molar-refractivity contribution in [1.29, 1.82) is 0 Å². The van der Waals surface area contributed by atoms with Crippen LogP contribution < -0.4 is 10.6 Å². The lowest BCUT2D eigenvalue weighted by Crippen LogP contribution is -2.41. The Morgan fingerprint density at radius 1 is 1.13 bits per heavy atom. The first kappa shape index (κ1) is 19.5. The van der Waals surface area contributed by atoms with Gasteiger partial charge < -0.3 is 15.4 Å². The van der Waals surface area contributed by atoms with Crippen molar-refractivity contribution in [3.63, 3.8) is 0 Å². The number of rotatable bonds is 7. The molecule has 0 aliphatic heterocycles. The van der Waals surface area contributed by atoms with Crippen molar-refractivity contribution in [3.05, 3.63) is 35.9 Å². The molecule has 0 aliphatic rings. The Balaban J connectivity index is 2.69. The maximum absolute atomic E-state index is 12.1. The molecule has 23 heavy (non-hydrogen) atoms. The van der Waals surface area contributed by atoms with Crippen LogP contribution in [0.15, 0.2) is 30.3 Å². The highest BCUT2D eigenvalue weighted by Gasteiger charge is 2.21. The van der Waals surface area contributed by atoms with Crippen LogP contribution in [0.5, 0.6) is 0 Å². The van der Waals surface area contributed by atoms with Crippen LogP contribution >= 0.6 is 0 Å². The van der Waals surface area contributed by atoms with Gasteiger partial charge in [-0.3, -0.25) is 0 Å². The van der Waals surface area contributed by atoms with Gasteiger partial charge in [0.25, 0.3) is 0 Å². The van der Waals surface area contributed by atoms with Gasteiger partial charge in [-0.15, -0.1) is 0 Å². The van der Waals surface area contributed by atoms with Gasteiger partial charge in [-0.25, -0.2) is 4.79 Å². The molecule has 0 fully saturated rings. The van der Waals surface area contributed by atoms with E-state index in [0.717, 1.165) is 12.0 Å². The minimum atomic E-state index is -0.496. The summed E-state index contributed by atoms with van der Waals surface area (Å²) in [5.74, 6) is 0.645. The predicted molar refractivity (Wildman–Crippen MR) is 95.5 cm³/mol. The lowest BCUT2D eigenvalue weighted by atomic mass is 10.0. The number of hydrogen-bond acceptors (Lipinski definition) is 3. The van der Waals surface area contributed by atoms with Crippen molar-refractivity contribution in [1.82, 2.24) is 10.6 Å². The van der Waals surface area contributed by atoms with E-state index in [9.17, 15) is 4.79 Å². The van der Waals surface area contributed by atoms with E-state index in [-0.39, 0.29) is 12.1 Å². The molecule has 2 unspecified atom stereocenters. The Hall–Kier alpha value is -1.55. The molecule has 1 rings (SSSR count). The highest BCUT2D eigenvalue weighted by atomic mass is 16.6. The monoisotopic (exact) mass is 320 g/mol. The Morgan fingerprint density at radius 3 is 2.26 bits per heavy atom. The fourth-order valence-corrected chi connectivity index (χ4v) is 2.50. The summed E-state index contributed by atoms with van der Waals surface area (Å²) in [5, 5.41) is 6.49. The van der Waals surface area contributed by atoms with Gasteiger partial charge in [-0.1, -0.05) is 44.2 Å². The molecule has 130 valence electrons. The fraction of sp³-hybridized carbons (Fsp3) is 0.632. The Morgan fingerprint density at radius 2 is 1.74 bits per heavy atom. The molecule has 4 nitrogen and oxygen atoms in total. The minimum Gasteiger partial charge on any atom is -0.444 e. The average Bonchev–Trinajstić information content (AvgIpc) is 2.41. The van der Waals surface area contributed by atoms with Crippen LogP contribution in [0.3, 0.4) is 0 Å². The predicted octanol–water partition coefficient (Wildman–Crippen LogP) is 4.28. The van der Waals surface area contributed by atoms with Crippen LogP contribution in [-0.4, -0.2) is 24.3 Å². The molecule has 1 aromatic rings. The highest BCUT2D eigenvalue weighted by Crippen LogP contribution is 2.15. The first-order valence-corrected chi connectivity index (χ1v) is 8.45. The van der Waals surface area contributed by atoms with Crippen LogP contribution in [0.4, 0.5) is 4.79 Å². The quantitative estimate of drug-likeness (QED) is 0.788. The molecule has 0 radical (unpaired) electrons. The van der Waals surface area contributed by atoms with E-state index >= 15 is 0 Å². The van der Waals surface area contributed by atoms with Crippen LogP contribution in [0, 0.1) is 5.92 Å². The molecule has 2 atom stereocenters. The minimum absolute atomic E-state index is 0.110. The maximum Gasteiger partial charge on any atom is 0.408 e. The molecule has 1 aromatic carbocycles. The third-order valence-electron chi connectivity index (χ3n) is 3.39. The average molecular weight is 320 g/mol. The van der Waals surface area contributed by atoms with E-state index < -0.39 is 5.60 Å². The van der Waals surface area contributed by atoms with Crippen molar-refractivity contribution in [2.75, 3.05) is 6.54 Å². The van der Waals surface area contributed by atoms with Crippen molar-refractivity contribution >= 4 is 6.09 Å². The third kappa shape index (κ3) is 8.60. The number of ether oxygens (including phenoxy) is 1. The summed E-state index contributed by atoms with van der Waals surface area (Å²) in [6.07, 6.45) is 0.721. The van der Waals surface area contributed by atoms with Gasteiger partial charge in [0.1, 0.15) is 5.60 Å². The summed E-state index contributed by atoms with van der Waals surface area (Å²) in [7, 11) is 0. The number of hydrogen-bond donors (Lipinski definition) is 2. The molecule has 2 N–H and O–H groups in total. The number of amides is 1. The zero-order valence-corrected chi connectivity index (χ0v) is 15.3. The van der Waals surface area contributed by atoms with Crippen molar-refractivity contribution in [2.45, 2.75) is 65.6 Å². The first-order valence-electron chi connectivity index (χ1n) is 8.45. The number of carbonyl (C=O) groups is 1. The van der Waals surface area contributed by atoms with Crippen LogP contribution in [0.1, 0.15) is 59.6 Å². The molecule has 4 heteroatoms. The SMILES string of the molecule is CC(C)CC(C)NCC(NC(=O)OC(C)(C)C)c1ccccc1. The van der Waals surface area contributed by atoms with Gasteiger partial charge in [-0.2, -0.15) is 0 Å². The summed E-state index contributed by atoms with van der Waals surface area (Å²) in [5.41, 5.74) is 0.576. The summed E-state index contributed by atoms with van der Waals surface area (Å²) in [6.45, 7) is 12.9. The van der Waals surface area contributed by atoms with Gasteiger partial charge in [0.15, 0.2) is 0 Å². The van der Waals surface area contributed by atoms with E-state index in [2.05, 4.69) is 31.4 Å². The Bertz CT molecular complexity index is 466. The molecule has 0 aromatic heterocycles. The van der Waals surface area contributed by atoms with E-state index in [1.165, 1.54) is 0 Å². The molecular weight excluding hydrogens is 288 g/mol. The second kappa shape index (κ2) is 8.92. The summed E-state index contributed by atoms with van der Waals surface area (Å²) < 4.78 is 5.38. The zero-order chi connectivity index (χ0) is 17.5. The van der Waals surface area contributed by atoms with Gasteiger partial charge in [-0.05, 0) is 45.6 Å². The van der Waals surface area contributed by atoms with E-state index in [4.69, 9.17) is 4.74 Å². The van der Waals surface area contributed by atoms with Crippen molar-refractivity contribution in [3.8, 4) is 0 Å². The molecule has 0 spiro atoms. The molecule has 0 saturated carbocycles. The lowest BCUT2D eigenvalue weighted by molar-refractivity contribution is 0.0502. The summed E-state index contributed by atoms with van der Waals surface area (Å²) >= 11 is 0. The normalized spacial score (nSPS) is 14.4. The third-order valence-corrected chi connectivity index (χ3v) is 3.39. The van der Waals surface area contributed by atoms with Crippen LogP contribution in [-0.2, 0) is 4.74 Å². The van der Waals surface area contributed by atoms with Gasteiger partial charge in [0.2, 0.25) is 0 Å².